The zero-order chi connectivity index (χ0) is 17.9. The van der Waals surface area contributed by atoms with Crippen LogP contribution in [-0.4, -0.2) is 11.5 Å². The topological polar surface area (TPSA) is 9.23 Å². The lowest BCUT2D eigenvalue weighted by Crippen LogP contribution is -1.96. The van der Waals surface area contributed by atoms with Gasteiger partial charge in [0.2, 0.25) is 0 Å². The van der Waals surface area contributed by atoms with Gasteiger partial charge < -0.3 is 4.74 Å². The number of allylic oxidation sites excluding steroid dienone is 1. The molecule has 0 aromatic heterocycles. The maximum Gasteiger partial charge on any atom is 0.119 e. The van der Waals surface area contributed by atoms with Gasteiger partial charge in [-0.25, -0.2) is 0 Å². The Hall–Kier alpha value is -1.93. The van der Waals surface area contributed by atoms with Crippen LogP contribution in [0.2, 0.25) is 0 Å². The second-order valence-electron chi connectivity index (χ2n) is 6.27. The van der Waals surface area contributed by atoms with Crippen LogP contribution in [0.25, 0.3) is 6.08 Å². The quantitative estimate of drug-likeness (QED) is 0.205. The molecule has 0 amide bonds. The Labute approximate surface area is 157 Å². The van der Waals surface area contributed by atoms with Gasteiger partial charge in [-0.05, 0) is 47.7 Å². The minimum Gasteiger partial charge on any atom is -0.494 e. The third-order valence-corrected chi connectivity index (χ3v) is 4.47. The maximum absolute atomic E-state index is 5.74. The van der Waals surface area contributed by atoms with Crippen molar-refractivity contribution >= 4 is 23.2 Å². The van der Waals surface area contributed by atoms with E-state index < -0.39 is 0 Å². The normalized spacial score (nSPS) is 11.0. The fourth-order valence-corrected chi connectivity index (χ4v) is 2.81. The van der Waals surface area contributed by atoms with Crippen molar-refractivity contribution in [3.63, 3.8) is 0 Å². The van der Waals surface area contributed by atoms with Crippen LogP contribution in [-0.2, 0) is 6.42 Å². The summed E-state index contributed by atoms with van der Waals surface area (Å²) in [5, 5.41) is 0. The lowest BCUT2D eigenvalue weighted by molar-refractivity contribution is 0.306. The van der Waals surface area contributed by atoms with E-state index in [4.69, 9.17) is 17.0 Å². The van der Waals surface area contributed by atoms with E-state index in [0.29, 0.717) is 0 Å². The molecular weight excluding hydrogens is 324 g/mol. The standard InChI is InChI=1S/C23H28OS/c1-3-5-6-18-24-22-15-10-20(11-16-22)12-17-23(25)21-13-8-19(7-4-2)9-14-21/h8-17H,3-7,18H2,1-2H3. The van der Waals surface area contributed by atoms with Crippen molar-refractivity contribution in [1.82, 2.24) is 0 Å². The summed E-state index contributed by atoms with van der Waals surface area (Å²) in [6.45, 7) is 5.19. The third-order valence-electron chi connectivity index (χ3n) is 4.10. The van der Waals surface area contributed by atoms with Gasteiger partial charge in [0.25, 0.3) is 0 Å². The van der Waals surface area contributed by atoms with Crippen LogP contribution in [0, 0.1) is 0 Å². The maximum atomic E-state index is 5.74. The zero-order valence-corrected chi connectivity index (χ0v) is 16.1. The molecule has 0 saturated carbocycles. The highest BCUT2D eigenvalue weighted by atomic mass is 32.1. The van der Waals surface area contributed by atoms with Gasteiger partial charge in [-0.1, -0.05) is 87.8 Å². The van der Waals surface area contributed by atoms with Crippen molar-refractivity contribution in [3.05, 3.63) is 71.3 Å². The van der Waals surface area contributed by atoms with Gasteiger partial charge in [0, 0.05) is 4.86 Å². The molecule has 0 aliphatic heterocycles. The molecule has 0 radical (unpaired) electrons. The molecule has 2 aromatic rings. The van der Waals surface area contributed by atoms with Gasteiger partial charge in [0.15, 0.2) is 0 Å². The number of benzene rings is 2. The van der Waals surface area contributed by atoms with Crippen molar-refractivity contribution in [2.45, 2.75) is 46.0 Å². The highest BCUT2D eigenvalue weighted by Crippen LogP contribution is 2.15. The Morgan fingerprint density at radius 3 is 2.28 bits per heavy atom. The molecular formula is C23H28OS. The molecule has 0 atom stereocenters. The van der Waals surface area contributed by atoms with Gasteiger partial charge in [0.1, 0.15) is 5.75 Å². The fraction of sp³-hybridized carbons (Fsp3) is 0.348. The minimum absolute atomic E-state index is 0.793. The number of thiocarbonyl (C=S) groups is 1. The van der Waals surface area contributed by atoms with Crippen LogP contribution in [0.1, 0.15) is 56.2 Å². The summed E-state index contributed by atoms with van der Waals surface area (Å²) in [5.41, 5.74) is 3.60. The molecule has 1 nitrogen and oxygen atoms in total. The van der Waals surface area contributed by atoms with Gasteiger partial charge >= 0.3 is 0 Å². The number of hydrogen-bond acceptors (Lipinski definition) is 2. The second-order valence-corrected chi connectivity index (χ2v) is 6.71. The van der Waals surface area contributed by atoms with Gasteiger partial charge in [0.05, 0.1) is 6.61 Å². The highest BCUT2D eigenvalue weighted by molar-refractivity contribution is 7.81. The molecule has 2 aromatic carbocycles. The van der Waals surface area contributed by atoms with Crippen LogP contribution in [0.4, 0.5) is 0 Å². The van der Waals surface area contributed by atoms with Crippen molar-refractivity contribution in [3.8, 4) is 5.75 Å². The molecule has 0 aliphatic carbocycles. The predicted molar refractivity (Wildman–Crippen MR) is 113 cm³/mol. The lowest BCUT2D eigenvalue weighted by atomic mass is 10.1. The summed E-state index contributed by atoms with van der Waals surface area (Å²) in [5.74, 6) is 0.933. The number of rotatable bonds is 10. The Morgan fingerprint density at radius 2 is 1.64 bits per heavy atom. The highest BCUT2D eigenvalue weighted by Gasteiger charge is 1.99. The van der Waals surface area contributed by atoms with Gasteiger partial charge in [-0.2, -0.15) is 0 Å². The summed E-state index contributed by atoms with van der Waals surface area (Å²) < 4.78 is 5.74. The minimum atomic E-state index is 0.793. The van der Waals surface area contributed by atoms with E-state index in [2.05, 4.69) is 56.3 Å². The molecule has 25 heavy (non-hydrogen) atoms. The Morgan fingerprint density at radius 1 is 0.920 bits per heavy atom. The van der Waals surface area contributed by atoms with Crippen LogP contribution < -0.4 is 4.74 Å². The van der Waals surface area contributed by atoms with E-state index in [1.165, 1.54) is 24.8 Å². The first kappa shape index (κ1) is 19.4. The summed E-state index contributed by atoms with van der Waals surface area (Å²) in [7, 11) is 0. The first-order chi connectivity index (χ1) is 12.2. The van der Waals surface area contributed by atoms with Crippen LogP contribution in [0.15, 0.2) is 54.6 Å². The zero-order valence-electron chi connectivity index (χ0n) is 15.3. The van der Waals surface area contributed by atoms with E-state index >= 15 is 0 Å². The molecule has 0 saturated heterocycles. The van der Waals surface area contributed by atoms with E-state index in [9.17, 15) is 0 Å². The van der Waals surface area contributed by atoms with Gasteiger partial charge in [-0.15, -0.1) is 0 Å². The molecule has 132 valence electrons. The molecule has 0 N–H and O–H groups in total. The third kappa shape index (κ3) is 6.83. The summed E-state index contributed by atoms with van der Waals surface area (Å²) in [6, 6.07) is 16.8. The Balaban J connectivity index is 1.88. The Bertz CT molecular complexity index is 668. The monoisotopic (exact) mass is 352 g/mol. The molecule has 0 heterocycles. The fourth-order valence-electron chi connectivity index (χ4n) is 2.61. The summed E-state index contributed by atoms with van der Waals surface area (Å²) in [4.78, 5) is 0.864. The van der Waals surface area contributed by atoms with E-state index in [-0.39, 0.29) is 0 Å². The van der Waals surface area contributed by atoms with E-state index in [0.717, 1.165) is 41.2 Å². The van der Waals surface area contributed by atoms with E-state index in [1.807, 2.05) is 18.2 Å². The molecule has 0 fully saturated rings. The van der Waals surface area contributed by atoms with Crippen molar-refractivity contribution in [1.29, 1.82) is 0 Å². The van der Waals surface area contributed by atoms with Crippen molar-refractivity contribution in [2.24, 2.45) is 0 Å². The molecule has 0 spiro atoms. The van der Waals surface area contributed by atoms with Crippen molar-refractivity contribution in [2.75, 3.05) is 6.61 Å². The molecule has 0 bridgehead atoms. The predicted octanol–water partition coefficient (Wildman–Crippen LogP) is 6.64. The molecule has 2 heteroatoms. The Kier molecular flexibility index (Phi) is 8.41. The average molecular weight is 353 g/mol. The van der Waals surface area contributed by atoms with Crippen LogP contribution >= 0.6 is 12.2 Å². The average Bonchev–Trinajstić information content (AvgIpc) is 2.65. The smallest absolute Gasteiger partial charge is 0.119 e. The van der Waals surface area contributed by atoms with Crippen molar-refractivity contribution < 1.29 is 4.74 Å². The summed E-state index contributed by atoms with van der Waals surface area (Å²) in [6.07, 6.45) is 9.90. The second kappa shape index (κ2) is 10.8. The van der Waals surface area contributed by atoms with Gasteiger partial charge in [-0.3, -0.25) is 0 Å². The molecule has 2 rings (SSSR count). The van der Waals surface area contributed by atoms with E-state index in [1.54, 1.807) is 0 Å². The summed E-state index contributed by atoms with van der Waals surface area (Å²) >= 11 is 5.52. The molecule has 0 aliphatic rings. The number of ether oxygens (including phenoxy) is 1. The first-order valence-corrected chi connectivity index (χ1v) is 9.68. The largest absolute Gasteiger partial charge is 0.494 e. The lowest BCUT2D eigenvalue weighted by Gasteiger charge is -2.05. The van der Waals surface area contributed by atoms with Crippen LogP contribution in [0.3, 0.4) is 0 Å². The van der Waals surface area contributed by atoms with Crippen LogP contribution in [0.5, 0.6) is 5.75 Å². The molecule has 0 unspecified atom stereocenters. The number of hydrogen-bond donors (Lipinski definition) is 0. The number of unbranched alkanes of at least 4 members (excludes halogenated alkanes) is 2. The first-order valence-electron chi connectivity index (χ1n) is 9.27. The number of aryl methyl sites for hydroxylation is 1. The SMILES string of the molecule is CCCCCOc1ccc(C=CC(=S)c2ccc(CCC)cc2)cc1.